The predicted molar refractivity (Wildman–Crippen MR) is 84.6 cm³/mol. The molecular formula is C17H21F2N3O2. The third-order valence-corrected chi connectivity index (χ3v) is 4.71. The van der Waals surface area contributed by atoms with E-state index < -0.39 is 29.1 Å². The van der Waals surface area contributed by atoms with Crippen LogP contribution in [0, 0.1) is 18.6 Å². The summed E-state index contributed by atoms with van der Waals surface area (Å²) < 4.78 is 28.4. The molecule has 1 N–H and O–H groups in total. The molecule has 0 bridgehead atoms. The summed E-state index contributed by atoms with van der Waals surface area (Å²) >= 11 is 0. The Balaban J connectivity index is 1.89. The van der Waals surface area contributed by atoms with Crippen molar-refractivity contribution in [3.05, 3.63) is 34.9 Å². The molecule has 0 unspecified atom stereocenters. The van der Waals surface area contributed by atoms with Crippen molar-refractivity contribution in [2.75, 3.05) is 32.7 Å². The van der Waals surface area contributed by atoms with E-state index in [0.29, 0.717) is 26.2 Å². The molecule has 0 radical (unpaired) electrons. The van der Waals surface area contributed by atoms with Gasteiger partial charge in [0.15, 0.2) is 0 Å². The number of rotatable bonds is 2. The SMILES string of the molecule is Cc1ccc(F)c(C(=O)N2CCNC[C@H]2C(=O)N2CCCC2)c1F. The van der Waals surface area contributed by atoms with Crippen molar-refractivity contribution < 1.29 is 18.4 Å². The van der Waals surface area contributed by atoms with E-state index in [1.54, 1.807) is 4.90 Å². The molecular weight excluding hydrogens is 316 g/mol. The van der Waals surface area contributed by atoms with Crippen LogP contribution in [0.3, 0.4) is 0 Å². The monoisotopic (exact) mass is 337 g/mol. The number of nitrogens with zero attached hydrogens (tertiary/aromatic N) is 2. The van der Waals surface area contributed by atoms with Gasteiger partial charge in [0.25, 0.3) is 5.91 Å². The maximum atomic E-state index is 14.3. The summed E-state index contributed by atoms with van der Waals surface area (Å²) in [7, 11) is 0. The molecule has 3 rings (SSSR count). The molecule has 24 heavy (non-hydrogen) atoms. The van der Waals surface area contributed by atoms with Crippen molar-refractivity contribution in [3.8, 4) is 0 Å². The van der Waals surface area contributed by atoms with E-state index >= 15 is 0 Å². The van der Waals surface area contributed by atoms with Gasteiger partial charge in [-0.15, -0.1) is 0 Å². The van der Waals surface area contributed by atoms with Gasteiger partial charge in [-0.05, 0) is 31.4 Å². The number of hydrogen-bond donors (Lipinski definition) is 1. The lowest BCUT2D eigenvalue weighted by Crippen LogP contribution is -2.60. The van der Waals surface area contributed by atoms with Crippen LogP contribution >= 0.6 is 0 Å². The Morgan fingerprint density at radius 3 is 2.58 bits per heavy atom. The largest absolute Gasteiger partial charge is 0.341 e. The minimum absolute atomic E-state index is 0.151. The number of amides is 2. The second kappa shape index (κ2) is 6.84. The molecule has 7 heteroatoms. The predicted octanol–water partition coefficient (Wildman–Crippen LogP) is 1.31. The Bertz CT molecular complexity index is 659. The number of aryl methyl sites for hydroxylation is 1. The first-order chi connectivity index (χ1) is 11.5. The van der Waals surface area contributed by atoms with Gasteiger partial charge in [-0.3, -0.25) is 9.59 Å². The summed E-state index contributed by atoms with van der Waals surface area (Å²) in [5, 5.41) is 3.09. The Kier molecular flexibility index (Phi) is 4.80. The smallest absolute Gasteiger partial charge is 0.260 e. The van der Waals surface area contributed by atoms with Crippen molar-refractivity contribution in [3.63, 3.8) is 0 Å². The molecule has 2 saturated heterocycles. The van der Waals surface area contributed by atoms with Crippen LogP contribution < -0.4 is 5.32 Å². The molecule has 0 saturated carbocycles. The number of hydrogen-bond acceptors (Lipinski definition) is 3. The summed E-state index contributed by atoms with van der Waals surface area (Å²) in [6, 6.07) is 1.67. The molecule has 2 amide bonds. The normalized spacial score (nSPS) is 21.2. The second-order valence-electron chi connectivity index (χ2n) is 6.30. The van der Waals surface area contributed by atoms with Crippen molar-refractivity contribution in [2.45, 2.75) is 25.8 Å². The average Bonchev–Trinajstić information content (AvgIpc) is 3.12. The minimum Gasteiger partial charge on any atom is -0.341 e. The lowest BCUT2D eigenvalue weighted by molar-refractivity contribution is -0.135. The standard InChI is InChI=1S/C17H21F2N3O2/c1-11-4-5-12(18)14(15(11)19)17(24)22-9-6-20-10-13(22)16(23)21-7-2-3-8-21/h4-5,13,20H,2-3,6-10H2,1H3/t13-/m0/s1. The van der Waals surface area contributed by atoms with Crippen LogP contribution in [0.1, 0.15) is 28.8 Å². The number of halogens is 2. The van der Waals surface area contributed by atoms with Crippen molar-refractivity contribution >= 4 is 11.8 Å². The highest BCUT2D eigenvalue weighted by atomic mass is 19.1. The molecule has 0 spiro atoms. The van der Waals surface area contributed by atoms with Crippen LogP contribution in [0.15, 0.2) is 12.1 Å². The van der Waals surface area contributed by atoms with Crippen molar-refractivity contribution in [2.24, 2.45) is 0 Å². The molecule has 2 aliphatic rings. The van der Waals surface area contributed by atoms with E-state index in [9.17, 15) is 18.4 Å². The first-order valence-corrected chi connectivity index (χ1v) is 8.26. The highest BCUT2D eigenvalue weighted by molar-refractivity contribution is 5.98. The third kappa shape index (κ3) is 3.00. The fraction of sp³-hybridized carbons (Fsp3) is 0.529. The maximum absolute atomic E-state index is 14.3. The molecule has 1 aromatic carbocycles. The minimum atomic E-state index is -0.894. The average molecular weight is 337 g/mol. The molecule has 2 fully saturated rings. The van der Waals surface area contributed by atoms with E-state index in [1.807, 2.05) is 0 Å². The van der Waals surface area contributed by atoms with Gasteiger partial charge in [0, 0.05) is 32.7 Å². The van der Waals surface area contributed by atoms with E-state index in [1.165, 1.54) is 17.9 Å². The van der Waals surface area contributed by atoms with Crippen molar-refractivity contribution in [1.29, 1.82) is 0 Å². The van der Waals surface area contributed by atoms with E-state index in [0.717, 1.165) is 18.9 Å². The van der Waals surface area contributed by atoms with Gasteiger partial charge < -0.3 is 15.1 Å². The highest BCUT2D eigenvalue weighted by Crippen LogP contribution is 2.21. The van der Waals surface area contributed by atoms with Gasteiger partial charge in [0.1, 0.15) is 23.2 Å². The topological polar surface area (TPSA) is 52.7 Å². The maximum Gasteiger partial charge on any atom is 0.260 e. The fourth-order valence-electron chi connectivity index (χ4n) is 3.31. The summed E-state index contributed by atoms with van der Waals surface area (Å²) in [4.78, 5) is 28.5. The zero-order valence-electron chi connectivity index (χ0n) is 13.6. The summed E-state index contributed by atoms with van der Waals surface area (Å²) in [6.07, 6.45) is 1.89. The molecule has 1 atom stereocenters. The number of piperazine rings is 1. The summed E-state index contributed by atoms with van der Waals surface area (Å²) in [6.45, 7) is 3.86. The quantitative estimate of drug-likeness (QED) is 0.885. The lowest BCUT2D eigenvalue weighted by Gasteiger charge is -2.37. The third-order valence-electron chi connectivity index (χ3n) is 4.71. The molecule has 0 aromatic heterocycles. The fourth-order valence-corrected chi connectivity index (χ4v) is 3.31. The van der Waals surface area contributed by atoms with E-state index in [2.05, 4.69) is 5.32 Å². The number of carbonyl (C=O) groups is 2. The van der Waals surface area contributed by atoms with Crippen LogP contribution in [-0.2, 0) is 4.79 Å². The first kappa shape index (κ1) is 16.8. The number of likely N-dealkylation sites (tertiary alicyclic amines) is 1. The number of benzene rings is 1. The molecule has 2 heterocycles. The molecule has 1 aromatic rings. The van der Waals surface area contributed by atoms with Crippen molar-refractivity contribution in [1.82, 2.24) is 15.1 Å². The van der Waals surface area contributed by atoms with Crippen LogP contribution in [-0.4, -0.2) is 60.4 Å². The Morgan fingerprint density at radius 2 is 1.88 bits per heavy atom. The lowest BCUT2D eigenvalue weighted by atomic mass is 10.1. The second-order valence-corrected chi connectivity index (χ2v) is 6.30. The summed E-state index contributed by atoms with van der Waals surface area (Å²) in [5.41, 5.74) is -0.367. The van der Waals surface area contributed by atoms with Crippen LogP contribution in [0.4, 0.5) is 8.78 Å². The zero-order chi connectivity index (χ0) is 17.3. The summed E-state index contributed by atoms with van der Waals surface area (Å²) in [5.74, 6) is -2.66. The van der Waals surface area contributed by atoms with Crippen LogP contribution in [0.2, 0.25) is 0 Å². The first-order valence-electron chi connectivity index (χ1n) is 8.26. The van der Waals surface area contributed by atoms with Gasteiger partial charge in [-0.2, -0.15) is 0 Å². The van der Waals surface area contributed by atoms with Gasteiger partial charge in [-0.25, -0.2) is 8.78 Å². The van der Waals surface area contributed by atoms with Gasteiger partial charge >= 0.3 is 0 Å². The van der Waals surface area contributed by atoms with Gasteiger partial charge in [0.2, 0.25) is 5.91 Å². The number of carbonyl (C=O) groups excluding carboxylic acids is 2. The van der Waals surface area contributed by atoms with Crippen LogP contribution in [0.25, 0.3) is 0 Å². The Labute approximate surface area is 139 Å². The molecule has 130 valence electrons. The molecule has 2 aliphatic heterocycles. The van der Waals surface area contributed by atoms with Gasteiger partial charge in [0.05, 0.1) is 0 Å². The van der Waals surface area contributed by atoms with E-state index in [4.69, 9.17) is 0 Å². The van der Waals surface area contributed by atoms with E-state index in [-0.39, 0.29) is 18.0 Å². The number of nitrogens with one attached hydrogen (secondary N) is 1. The highest BCUT2D eigenvalue weighted by Gasteiger charge is 2.37. The molecule has 0 aliphatic carbocycles. The Morgan fingerprint density at radius 1 is 1.17 bits per heavy atom. The van der Waals surface area contributed by atoms with Crippen LogP contribution in [0.5, 0.6) is 0 Å². The Hall–Kier alpha value is -2.02. The zero-order valence-corrected chi connectivity index (χ0v) is 13.6. The molecule has 5 nitrogen and oxygen atoms in total. The van der Waals surface area contributed by atoms with Gasteiger partial charge in [-0.1, -0.05) is 6.07 Å².